The normalized spacial score (nSPS) is 11.4. The highest BCUT2D eigenvalue weighted by atomic mass is 19.3. The van der Waals surface area contributed by atoms with Gasteiger partial charge in [0.15, 0.2) is 0 Å². The summed E-state index contributed by atoms with van der Waals surface area (Å²) in [6, 6.07) is 3.01. The summed E-state index contributed by atoms with van der Waals surface area (Å²) in [6.45, 7) is 1.38. The molecule has 0 aliphatic heterocycles. The third kappa shape index (κ3) is 4.48. The van der Waals surface area contributed by atoms with Crippen molar-refractivity contribution in [1.29, 1.82) is 0 Å². The number of ether oxygens (including phenoxy) is 1. The molecule has 0 aliphatic rings. The van der Waals surface area contributed by atoms with Gasteiger partial charge in [-0.3, -0.25) is 4.84 Å². The third-order valence-electron chi connectivity index (χ3n) is 2.49. The fourth-order valence-electron chi connectivity index (χ4n) is 1.32. The second-order valence-electron chi connectivity index (χ2n) is 4.06. The van der Waals surface area contributed by atoms with Crippen LogP contribution < -0.4 is 10.1 Å². The smallest absolute Gasteiger partial charge is 0.428 e. The molecule has 0 heterocycles. The number of alkyl halides is 4. The highest BCUT2D eigenvalue weighted by Gasteiger charge is 2.44. The van der Waals surface area contributed by atoms with Crippen molar-refractivity contribution in [3.63, 3.8) is 0 Å². The minimum absolute atomic E-state index is 0.160. The van der Waals surface area contributed by atoms with Crippen molar-refractivity contribution in [2.24, 2.45) is 0 Å². The van der Waals surface area contributed by atoms with Crippen LogP contribution in [0.1, 0.15) is 5.56 Å². The summed E-state index contributed by atoms with van der Waals surface area (Å²) in [4.78, 5) is 16.1. The molecule has 1 aromatic rings. The van der Waals surface area contributed by atoms with Gasteiger partial charge in [0.2, 0.25) is 0 Å². The number of carbonyl (C=O) groups is 1. The standard InChI is InChI=1S/C12H14F4N2O3/c1-7-6-8(17-11(19)18(2)20-3)4-5-9(7)21-12(15,16)10(13)14/h4-6,10H,1-3H3,(H,17,19). The van der Waals surface area contributed by atoms with Crippen LogP contribution in [-0.4, -0.2) is 37.8 Å². The Balaban J connectivity index is 2.84. The van der Waals surface area contributed by atoms with Crippen LogP contribution in [0.25, 0.3) is 0 Å². The van der Waals surface area contributed by atoms with E-state index in [-0.39, 0.29) is 11.3 Å². The highest BCUT2D eigenvalue weighted by Crippen LogP contribution is 2.30. The lowest BCUT2D eigenvalue weighted by molar-refractivity contribution is -0.253. The zero-order valence-corrected chi connectivity index (χ0v) is 11.5. The van der Waals surface area contributed by atoms with Gasteiger partial charge in [0.25, 0.3) is 0 Å². The fraction of sp³-hybridized carbons (Fsp3) is 0.417. The first kappa shape index (κ1) is 17.0. The van der Waals surface area contributed by atoms with Crippen LogP contribution in [0.3, 0.4) is 0 Å². The predicted octanol–water partition coefficient (Wildman–Crippen LogP) is 3.26. The number of urea groups is 1. The summed E-state index contributed by atoms with van der Waals surface area (Å²) in [5.74, 6) is -0.404. The van der Waals surface area contributed by atoms with E-state index < -0.39 is 24.3 Å². The van der Waals surface area contributed by atoms with Crippen molar-refractivity contribution >= 4 is 11.7 Å². The molecule has 0 saturated carbocycles. The Morgan fingerprint density at radius 3 is 2.48 bits per heavy atom. The Hall–Kier alpha value is -2.03. The minimum atomic E-state index is -4.58. The molecule has 0 saturated heterocycles. The molecule has 0 spiro atoms. The van der Waals surface area contributed by atoms with Crippen LogP contribution in [-0.2, 0) is 4.84 Å². The second-order valence-corrected chi connectivity index (χ2v) is 4.06. The van der Waals surface area contributed by atoms with Crippen LogP contribution >= 0.6 is 0 Å². The van der Waals surface area contributed by atoms with Gasteiger partial charge in [-0.2, -0.15) is 17.6 Å². The largest absolute Gasteiger partial charge is 0.461 e. The predicted molar refractivity (Wildman–Crippen MR) is 66.5 cm³/mol. The van der Waals surface area contributed by atoms with Gasteiger partial charge in [0.05, 0.1) is 7.11 Å². The molecule has 1 N–H and O–H groups in total. The maximum atomic E-state index is 12.8. The van der Waals surface area contributed by atoms with Crippen molar-refractivity contribution in [1.82, 2.24) is 5.06 Å². The number of hydroxylamine groups is 2. The number of benzene rings is 1. The number of nitrogens with one attached hydrogen (secondary N) is 1. The molecule has 0 aromatic heterocycles. The third-order valence-corrected chi connectivity index (χ3v) is 2.49. The lowest BCUT2D eigenvalue weighted by Gasteiger charge is -2.19. The molecule has 5 nitrogen and oxygen atoms in total. The highest BCUT2D eigenvalue weighted by molar-refractivity contribution is 5.88. The van der Waals surface area contributed by atoms with Crippen molar-refractivity contribution < 1.29 is 31.9 Å². The molecule has 9 heteroatoms. The number of halogens is 4. The lowest BCUT2D eigenvalue weighted by atomic mass is 10.2. The molecular weight excluding hydrogens is 296 g/mol. The number of aryl methyl sites for hydroxylation is 1. The first-order chi connectivity index (χ1) is 9.67. The van der Waals surface area contributed by atoms with E-state index in [2.05, 4.69) is 14.9 Å². The fourth-order valence-corrected chi connectivity index (χ4v) is 1.32. The second kappa shape index (κ2) is 6.61. The average Bonchev–Trinajstić information content (AvgIpc) is 2.40. The quantitative estimate of drug-likeness (QED) is 0.671. The van der Waals surface area contributed by atoms with E-state index in [1.807, 2.05) is 0 Å². The molecular formula is C12H14F4N2O3. The molecule has 0 bridgehead atoms. The van der Waals surface area contributed by atoms with E-state index in [0.29, 0.717) is 0 Å². The Kier molecular flexibility index (Phi) is 5.36. The van der Waals surface area contributed by atoms with Crippen LogP contribution in [0.15, 0.2) is 18.2 Å². The van der Waals surface area contributed by atoms with Gasteiger partial charge in [-0.05, 0) is 30.7 Å². The van der Waals surface area contributed by atoms with Crippen LogP contribution in [0, 0.1) is 6.92 Å². The van der Waals surface area contributed by atoms with E-state index in [0.717, 1.165) is 11.1 Å². The van der Waals surface area contributed by atoms with Gasteiger partial charge in [-0.25, -0.2) is 9.86 Å². The Morgan fingerprint density at radius 2 is 2.00 bits per heavy atom. The van der Waals surface area contributed by atoms with Crippen molar-refractivity contribution in [2.45, 2.75) is 19.5 Å². The summed E-state index contributed by atoms with van der Waals surface area (Å²) < 4.78 is 53.7. The Morgan fingerprint density at radius 1 is 1.38 bits per heavy atom. The molecule has 0 unspecified atom stereocenters. The summed E-state index contributed by atoms with van der Waals surface area (Å²) in [6.07, 6.45) is -8.52. The summed E-state index contributed by atoms with van der Waals surface area (Å²) in [5.41, 5.74) is 0.433. The zero-order valence-electron chi connectivity index (χ0n) is 11.5. The number of rotatable bonds is 5. The molecule has 2 amide bonds. The van der Waals surface area contributed by atoms with Crippen molar-refractivity contribution in [3.05, 3.63) is 23.8 Å². The molecule has 0 aliphatic carbocycles. The molecule has 0 radical (unpaired) electrons. The van der Waals surface area contributed by atoms with Gasteiger partial charge < -0.3 is 10.1 Å². The number of amides is 2. The summed E-state index contributed by atoms with van der Waals surface area (Å²) in [5, 5.41) is 3.32. The summed E-state index contributed by atoms with van der Waals surface area (Å²) >= 11 is 0. The van der Waals surface area contributed by atoms with Crippen molar-refractivity contribution in [2.75, 3.05) is 19.5 Å². The van der Waals surface area contributed by atoms with E-state index in [9.17, 15) is 22.4 Å². The minimum Gasteiger partial charge on any atom is -0.428 e. The molecule has 1 aromatic carbocycles. The van der Waals surface area contributed by atoms with E-state index >= 15 is 0 Å². The van der Waals surface area contributed by atoms with Gasteiger partial charge in [-0.1, -0.05) is 0 Å². The van der Waals surface area contributed by atoms with Gasteiger partial charge >= 0.3 is 18.6 Å². The Labute approximate surface area is 118 Å². The monoisotopic (exact) mass is 310 g/mol. The van der Waals surface area contributed by atoms with E-state index in [1.165, 1.54) is 33.2 Å². The number of hydrogen-bond acceptors (Lipinski definition) is 3. The molecule has 0 fully saturated rings. The van der Waals surface area contributed by atoms with E-state index in [4.69, 9.17) is 0 Å². The van der Waals surface area contributed by atoms with Crippen molar-refractivity contribution in [3.8, 4) is 5.75 Å². The molecule has 1 rings (SSSR count). The zero-order chi connectivity index (χ0) is 16.2. The summed E-state index contributed by atoms with van der Waals surface area (Å²) in [7, 11) is 2.65. The average molecular weight is 310 g/mol. The number of hydrogen-bond donors (Lipinski definition) is 1. The number of nitrogens with zero attached hydrogens (tertiary/aromatic N) is 1. The van der Waals surface area contributed by atoms with Gasteiger partial charge in [0, 0.05) is 12.7 Å². The topological polar surface area (TPSA) is 50.8 Å². The molecule has 21 heavy (non-hydrogen) atoms. The van der Waals surface area contributed by atoms with Gasteiger partial charge in [-0.15, -0.1) is 0 Å². The number of carbonyl (C=O) groups excluding carboxylic acids is 1. The first-order valence-electron chi connectivity index (χ1n) is 5.72. The van der Waals surface area contributed by atoms with Crippen LogP contribution in [0.4, 0.5) is 28.0 Å². The maximum Gasteiger partial charge on any atom is 0.461 e. The Bertz CT molecular complexity index is 511. The maximum absolute atomic E-state index is 12.8. The van der Waals surface area contributed by atoms with Crippen LogP contribution in [0.5, 0.6) is 5.75 Å². The van der Waals surface area contributed by atoms with E-state index in [1.54, 1.807) is 0 Å². The first-order valence-corrected chi connectivity index (χ1v) is 5.72. The molecule has 118 valence electrons. The molecule has 0 atom stereocenters. The number of anilines is 1. The SMILES string of the molecule is CON(C)C(=O)Nc1ccc(OC(F)(F)C(F)F)c(C)c1. The van der Waals surface area contributed by atoms with Gasteiger partial charge in [0.1, 0.15) is 5.75 Å². The lowest BCUT2D eigenvalue weighted by Crippen LogP contribution is -2.33. The van der Waals surface area contributed by atoms with Crippen LogP contribution in [0.2, 0.25) is 0 Å².